The fraction of sp³-hybridized carbons (Fsp3) is 0.378. The Kier molecular flexibility index (Phi) is 14.6. The first-order valence-corrected chi connectivity index (χ1v) is 15.8. The maximum absolute atomic E-state index is 12.4. The molecule has 1 amide bonds. The van der Waals surface area contributed by atoms with Crippen molar-refractivity contribution in [1.82, 2.24) is 15.1 Å². The summed E-state index contributed by atoms with van der Waals surface area (Å²) in [6.45, 7) is 6.58. The summed E-state index contributed by atoms with van der Waals surface area (Å²) in [5, 5.41) is 2.99. The van der Waals surface area contributed by atoms with E-state index in [9.17, 15) is 4.79 Å². The highest BCUT2D eigenvalue weighted by molar-refractivity contribution is 5.87. The lowest BCUT2D eigenvalue weighted by molar-refractivity contribution is -0.116. The standard InChI is InChI=1S/C37H47N3O6/c1-42-25-26-45-29-46-37-33(43-2)27-30(28-34(37)44-3)13-10-11-18-35(41)38-19-12-20-39-21-23-40(24-22-39)36(31-14-6-4-7-15-31)32-16-8-5-9-17-32/h4-11,13-18,27-28,36H,12,19-26,29H2,1-3H3,(H,38,41). The van der Waals surface area contributed by atoms with Crippen LogP contribution in [0.15, 0.2) is 91.0 Å². The number of carbonyl (C=O) groups is 1. The summed E-state index contributed by atoms with van der Waals surface area (Å²) in [4.78, 5) is 17.4. The minimum atomic E-state index is -0.115. The van der Waals surface area contributed by atoms with E-state index in [4.69, 9.17) is 23.7 Å². The normalized spacial score (nSPS) is 14.3. The smallest absolute Gasteiger partial charge is 0.243 e. The van der Waals surface area contributed by atoms with Crippen molar-refractivity contribution in [2.75, 3.05) is 80.6 Å². The largest absolute Gasteiger partial charge is 0.493 e. The Balaban J connectivity index is 1.18. The van der Waals surface area contributed by atoms with Crippen molar-refractivity contribution in [3.8, 4) is 17.2 Å². The fourth-order valence-corrected chi connectivity index (χ4v) is 5.45. The van der Waals surface area contributed by atoms with Crippen molar-refractivity contribution < 1.29 is 28.5 Å². The molecule has 1 aliphatic rings. The molecule has 1 saturated heterocycles. The summed E-state index contributed by atoms with van der Waals surface area (Å²) in [6.07, 6.45) is 7.83. The van der Waals surface area contributed by atoms with Crippen LogP contribution in [0.2, 0.25) is 0 Å². The number of rotatable bonds is 18. The zero-order chi connectivity index (χ0) is 32.4. The lowest BCUT2D eigenvalue weighted by Gasteiger charge is -2.39. The van der Waals surface area contributed by atoms with Crippen LogP contribution >= 0.6 is 0 Å². The molecule has 3 aromatic rings. The molecule has 0 aliphatic carbocycles. The van der Waals surface area contributed by atoms with Crippen molar-refractivity contribution in [2.24, 2.45) is 0 Å². The second-order valence-electron chi connectivity index (χ2n) is 10.9. The Morgan fingerprint density at radius 3 is 2.07 bits per heavy atom. The molecule has 0 unspecified atom stereocenters. The first kappa shape index (κ1) is 34.7. The van der Waals surface area contributed by atoms with Gasteiger partial charge in [-0.2, -0.15) is 0 Å². The lowest BCUT2D eigenvalue weighted by atomic mass is 9.96. The Bertz CT molecular complexity index is 1310. The number of carbonyl (C=O) groups excluding carboxylic acids is 1. The maximum atomic E-state index is 12.4. The minimum absolute atomic E-state index is 0.0453. The first-order valence-electron chi connectivity index (χ1n) is 15.8. The van der Waals surface area contributed by atoms with Gasteiger partial charge in [0.25, 0.3) is 0 Å². The number of nitrogens with one attached hydrogen (secondary N) is 1. The van der Waals surface area contributed by atoms with Gasteiger partial charge in [-0.1, -0.05) is 78.9 Å². The molecule has 1 aliphatic heterocycles. The number of allylic oxidation sites excluding steroid dienone is 2. The van der Waals surface area contributed by atoms with E-state index in [1.807, 2.05) is 18.2 Å². The second kappa shape index (κ2) is 19.4. The van der Waals surface area contributed by atoms with Gasteiger partial charge in [0.05, 0.1) is 33.5 Å². The second-order valence-corrected chi connectivity index (χ2v) is 10.9. The number of hydrogen-bond acceptors (Lipinski definition) is 8. The molecule has 3 aromatic carbocycles. The number of ether oxygens (including phenoxy) is 5. The van der Waals surface area contributed by atoms with E-state index >= 15 is 0 Å². The van der Waals surface area contributed by atoms with E-state index < -0.39 is 0 Å². The van der Waals surface area contributed by atoms with Gasteiger partial charge in [-0.25, -0.2) is 0 Å². The molecule has 0 atom stereocenters. The first-order chi connectivity index (χ1) is 22.6. The summed E-state index contributed by atoms with van der Waals surface area (Å²) < 4.78 is 27.1. The average molecular weight is 630 g/mol. The molecule has 9 nitrogen and oxygen atoms in total. The van der Waals surface area contributed by atoms with Gasteiger partial charge in [0, 0.05) is 45.9 Å². The highest BCUT2D eigenvalue weighted by atomic mass is 16.7. The highest BCUT2D eigenvalue weighted by Gasteiger charge is 2.26. The predicted octanol–water partition coefficient (Wildman–Crippen LogP) is 5.19. The van der Waals surface area contributed by atoms with Crippen LogP contribution in [0.3, 0.4) is 0 Å². The Morgan fingerprint density at radius 1 is 0.848 bits per heavy atom. The van der Waals surface area contributed by atoms with E-state index in [0.29, 0.717) is 37.0 Å². The molecule has 0 spiro atoms. The molecule has 4 rings (SSSR count). The average Bonchev–Trinajstić information content (AvgIpc) is 3.10. The van der Waals surface area contributed by atoms with Crippen LogP contribution in [0, 0.1) is 0 Å². The van der Waals surface area contributed by atoms with Crippen LogP contribution in [0.4, 0.5) is 0 Å². The third-order valence-electron chi connectivity index (χ3n) is 7.80. The fourth-order valence-electron chi connectivity index (χ4n) is 5.45. The Morgan fingerprint density at radius 2 is 1.48 bits per heavy atom. The Labute approximate surface area is 273 Å². The van der Waals surface area contributed by atoms with Crippen LogP contribution in [-0.4, -0.2) is 96.3 Å². The summed E-state index contributed by atoms with van der Waals surface area (Å²) >= 11 is 0. The predicted molar refractivity (Wildman–Crippen MR) is 181 cm³/mol. The van der Waals surface area contributed by atoms with Crippen molar-refractivity contribution in [3.05, 3.63) is 108 Å². The van der Waals surface area contributed by atoms with Crippen LogP contribution in [0.25, 0.3) is 6.08 Å². The zero-order valence-corrected chi connectivity index (χ0v) is 27.2. The van der Waals surface area contributed by atoms with Gasteiger partial charge >= 0.3 is 0 Å². The maximum Gasteiger partial charge on any atom is 0.243 e. The number of nitrogens with zero attached hydrogens (tertiary/aromatic N) is 2. The SMILES string of the molecule is COCCOCOc1c(OC)cc(C=CC=CC(=O)NCCCN2CCN(C(c3ccccc3)c3ccccc3)CC2)cc1OC. The van der Waals surface area contributed by atoms with E-state index in [-0.39, 0.29) is 18.7 Å². The van der Waals surface area contributed by atoms with Gasteiger partial charge < -0.3 is 33.9 Å². The molecule has 0 aromatic heterocycles. The van der Waals surface area contributed by atoms with Crippen LogP contribution in [0.5, 0.6) is 17.2 Å². The topological polar surface area (TPSA) is 81.7 Å². The molecule has 1 fully saturated rings. The summed E-state index contributed by atoms with van der Waals surface area (Å²) in [5.74, 6) is 1.38. The van der Waals surface area contributed by atoms with Crippen LogP contribution < -0.4 is 19.5 Å². The monoisotopic (exact) mass is 629 g/mol. The Hall–Kier alpha value is -4.15. The number of methoxy groups -OCH3 is 3. The molecular weight excluding hydrogens is 582 g/mol. The molecule has 46 heavy (non-hydrogen) atoms. The van der Waals surface area contributed by atoms with Crippen molar-refractivity contribution in [2.45, 2.75) is 12.5 Å². The summed E-state index contributed by atoms with van der Waals surface area (Å²) in [7, 11) is 4.75. The molecule has 246 valence electrons. The number of hydrogen-bond donors (Lipinski definition) is 1. The van der Waals surface area contributed by atoms with Crippen molar-refractivity contribution in [1.29, 1.82) is 0 Å². The number of benzene rings is 3. The van der Waals surface area contributed by atoms with Crippen LogP contribution in [-0.2, 0) is 14.3 Å². The van der Waals surface area contributed by atoms with Crippen LogP contribution in [0.1, 0.15) is 29.2 Å². The number of amides is 1. The molecule has 9 heteroatoms. The van der Waals surface area contributed by atoms with Gasteiger partial charge in [0.2, 0.25) is 11.7 Å². The van der Waals surface area contributed by atoms with Gasteiger partial charge in [0.15, 0.2) is 18.3 Å². The van der Waals surface area contributed by atoms with Gasteiger partial charge in [0.1, 0.15) is 0 Å². The molecule has 1 N–H and O–H groups in total. The highest BCUT2D eigenvalue weighted by Crippen LogP contribution is 2.39. The molecule has 0 bridgehead atoms. The summed E-state index contributed by atoms with van der Waals surface area (Å²) in [5.41, 5.74) is 3.50. The van der Waals surface area contributed by atoms with E-state index in [1.165, 1.54) is 17.2 Å². The van der Waals surface area contributed by atoms with E-state index in [2.05, 4.69) is 75.8 Å². The summed E-state index contributed by atoms with van der Waals surface area (Å²) in [6, 6.07) is 25.5. The van der Waals surface area contributed by atoms with Crippen molar-refractivity contribution in [3.63, 3.8) is 0 Å². The van der Waals surface area contributed by atoms with Gasteiger partial charge in [-0.05, 0) is 41.8 Å². The molecule has 0 saturated carbocycles. The van der Waals surface area contributed by atoms with Crippen molar-refractivity contribution >= 4 is 12.0 Å². The number of piperazine rings is 1. The lowest BCUT2D eigenvalue weighted by Crippen LogP contribution is -2.48. The zero-order valence-electron chi connectivity index (χ0n) is 27.2. The molecule has 1 heterocycles. The van der Waals surface area contributed by atoms with E-state index in [1.54, 1.807) is 33.5 Å². The third-order valence-corrected chi connectivity index (χ3v) is 7.80. The van der Waals surface area contributed by atoms with Gasteiger partial charge in [-0.15, -0.1) is 0 Å². The molecule has 0 radical (unpaired) electrons. The molecular formula is C37H47N3O6. The quantitative estimate of drug-likeness (QED) is 0.0892. The van der Waals surface area contributed by atoms with Gasteiger partial charge in [-0.3, -0.25) is 9.69 Å². The third kappa shape index (κ3) is 10.7. The van der Waals surface area contributed by atoms with E-state index in [0.717, 1.165) is 44.7 Å². The minimum Gasteiger partial charge on any atom is -0.493 e.